The maximum atomic E-state index is 13.1. The van der Waals surface area contributed by atoms with Crippen molar-refractivity contribution in [1.82, 2.24) is 9.88 Å². The highest BCUT2D eigenvalue weighted by molar-refractivity contribution is 6.31. The Morgan fingerprint density at radius 1 is 0.935 bits per heavy atom. The molecule has 0 unspecified atom stereocenters. The number of para-hydroxylation sites is 1. The molecule has 0 aliphatic carbocycles. The van der Waals surface area contributed by atoms with Crippen LogP contribution in [0.25, 0.3) is 10.9 Å². The average molecular weight is 431 g/mol. The lowest BCUT2D eigenvalue weighted by Gasteiger charge is -2.19. The Bertz CT molecular complexity index is 1220. The normalized spacial score (nSPS) is 11.6. The topological polar surface area (TPSA) is 34.0 Å². The van der Waals surface area contributed by atoms with E-state index in [1.54, 1.807) is 0 Å². The number of carbonyl (C=O) groups is 1. The van der Waals surface area contributed by atoms with Gasteiger partial charge in [0, 0.05) is 29.0 Å². The average Bonchev–Trinajstić information content (AvgIpc) is 3.12. The van der Waals surface area contributed by atoms with Gasteiger partial charge in [0.25, 0.3) is 5.91 Å². The van der Waals surface area contributed by atoms with Crippen molar-refractivity contribution in [3.63, 3.8) is 0 Å². The van der Waals surface area contributed by atoms with E-state index in [0.717, 1.165) is 22.0 Å². The molecule has 4 rings (SSSR count). The molecule has 0 saturated heterocycles. The van der Waals surface area contributed by atoms with Crippen LogP contribution in [0.5, 0.6) is 0 Å². The van der Waals surface area contributed by atoms with Gasteiger partial charge in [-0.05, 0) is 40.3 Å². The van der Waals surface area contributed by atoms with E-state index in [1.165, 1.54) is 5.56 Å². The molecule has 158 valence electrons. The van der Waals surface area contributed by atoms with Crippen LogP contribution in [0.1, 0.15) is 48.0 Å². The van der Waals surface area contributed by atoms with Crippen LogP contribution in [0.4, 0.5) is 0 Å². The van der Waals surface area contributed by atoms with Crippen molar-refractivity contribution in [2.24, 2.45) is 0 Å². The van der Waals surface area contributed by atoms with E-state index < -0.39 is 0 Å². The zero-order valence-corrected chi connectivity index (χ0v) is 18.9. The molecule has 0 aliphatic heterocycles. The van der Waals surface area contributed by atoms with Gasteiger partial charge in [-0.25, -0.2) is 0 Å². The third kappa shape index (κ3) is 4.67. The summed E-state index contributed by atoms with van der Waals surface area (Å²) in [7, 11) is 0. The second-order valence-corrected chi connectivity index (χ2v) is 9.30. The molecular weight excluding hydrogens is 404 g/mol. The van der Waals surface area contributed by atoms with Crippen LogP contribution in [-0.2, 0) is 18.5 Å². The number of aromatic nitrogens is 1. The highest BCUT2D eigenvalue weighted by atomic mass is 35.5. The van der Waals surface area contributed by atoms with Crippen LogP contribution in [0.2, 0.25) is 5.02 Å². The van der Waals surface area contributed by atoms with Gasteiger partial charge in [-0.3, -0.25) is 4.79 Å². The van der Waals surface area contributed by atoms with Crippen LogP contribution in [0.3, 0.4) is 0 Å². The molecule has 31 heavy (non-hydrogen) atoms. The number of nitrogens with zero attached hydrogens (tertiary/aromatic N) is 1. The number of hydrogen-bond donors (Lipinski definition) is 1. The lowest BCUT2D eigenvalue weighted by molar-refractivity contribution is 0.0942. The maximum Gasteiger partial charge on any atom is 0.268 e. The number of rotatable bonds is 5. The molecule has 0 saturated carbocycles. The first-order valence-electron chi connectivity index (χ1n) is 10.5. The summed E-state index contributed by atoms with van der Waals surface area (Å²) in [5.74, 6) is -0.0943. The van der Waals surface area contributed by atoms with Crippen molar-refractivity contribution in [3.8, 4) is 0 Å². The lowest BCUT2D eigenvalue weighted by atomic mass is 9.87. The smallest absolute Gasteiger partial charge is 0.268 e. The predicted molar refractivity (Wildman–Crippen MR) is 129 cm³/mol. The number of amides is 1. The summed E-state index contributed by atoms with van der Waals surface area (Å²) in [4.78, 5) is 13.1. The van der Waals surface area contributed by atoms with Gasteiger partial charge in [-0.1, -0.05) is 93.0 Å². The second-order valence-electron chi connectivity index (χ2n) is 8.90. The molecule has 1 N–H and O–H groups in total. The molecule has 1 aromatic heterocycles. The molecular formula is C27H27ClN2O. The molecule has 0 spiro atoms. The minimum Gasteiger partial charge on any atom is -0.347 e. The van der Waals surface area contributed by atoms with Crippen molar-refractivity contribution in [2.45, 2.75) is 39.3 Å². The van der Waals surface area contributed by atoms with Crippen molar-refractivity contribution in [3.05, 3.63) is 106 Å². The minimum atomic E-state index is -0.0943. The van der Waals surface area contributed by atoms with Gasteiger partial charge >= 0.3 is 0 Å². The van der Waals surface area contributed by atoms with Gasteiger partial charge in [-0.2, -0.15) is 0 Å². The Kier molecular flexibility index (Phi) is 5.88. The fourth-order valence-corrected chi connectivity index (χ4v) is 3.96. The minimum absolute atomic E-state index is 0.0943. The summed E-state index contributed by atoms with van der Waals surface area (Å²) < 4.78 is 2.04. The number of carbonyl (C=O) groups excluding carboxylic acids is 1. The van der Waals surface area contributed by atoms with Crippen molar-refractivity contribution < 1.29 is 4.79 Å². The molecule has 4 heteroatoms. The first-order chi connectivity index (χ1) is 14.8. The first kappa shape index (κ1) is 21.2. The number of fused-ring (bicyclic) bond motifs is 1. The Morgan fingerprint density at radius 3 is 2.32 bits per heavy atom. The van der Waals surface area contributed by atoms with Crippen molar-refractivity contribution in [1.29, 1.82) is 0 Å². The number of benzene rings is 3. The molecule has 0 atom stereocenters. The van der Waals surface area contributed by atoms with E-state index >= 15 is 0 Å². The molecule has 4 aromatic rings. The van der Waals surface area contributed by atoms with Crippen LogP contribution >= 0.6 is 11.6 Å². The predicted octanol–water partition coefficient (Wildman–Crippen LogP) is 6.57. The Labute approximate surface area is 188 Å². The standard InChI is InChI=1S/C27H27ClN2O/c1-27(2,3)22-14-12-19(13-15-22)17-29-26(31)25-16-20-8-5-7-11-24(20)30(25)18-21-9-4-6-10-23(21)28/h4-16H,17-18H2,1-3H3,(H,29,31). The maximum absolute atomic E-state index is 13.1. The quantitative estimate of drug-likeness (QED) is 0.381. The highest BCUT2D eigenvalue weighted by Crippen LogP contribution is 2.25. The molecule has 0 bridgehead atoms. The molecule has 3 nitrogen and oxygen atoms in total. The van der Waals surface area contributed by atoms with Crippen LogP contribution in [0, 0.1) is 0 Å². The van der Waals surface area contributed by atoms with Gasteiger partial charge in [-0.15, -0.1) is 0 Å². The Balaban J connectivity index is 1.58. The number of halogens is 1. The van der Waals surface area contributed by atoms with E-state index in [0.29, 0.717) is 23.8 Å². The SMILES string of the molecule is CC(C)(C)c1ccc(CNC(=O)c2cc3ccccc3n2Cc2ccccc2Cl)cc1. The molecule has 0 aliphatic rings. The number of nitrogens with one attached hydrogen (secondary N) is 1. The van der Waals surface area contributed by atoms with E-state index in [4.69, 9.17) is 11.6 Å². The molecule has 0 radical (unpaired) electrons. The molecule has 1 heterocycles. The third-order valence-electron chi connectivity index (χ3n) is 5.60. The van der Waals surface area contributed by atoms with E-state index in [2.05, 4.69) is 50.4 Å². The van der Waals surface area contributed by atoms with Gasteiger partial charge in [0.05, 0.1) is 0 Å². The van der Waals surface area contributed by atoms with Gasteiger partial charge in [0.2, 0.25) is 0 Å². The summed E-state index contributed by atoms with van der Waals surface area (Å²) in [5, 5.41) is 4.82. The van der Waals surface area contributed by atoms with Gasteiger partial charge in [0.1, 0.15) is 5.69 Å². The Hall–Kier alpha value is -3.04. The van der Waals surface area contributed by atoms with Gasteiger partial charge < -0.3 is 9.88 Å². The van der Waals surface area contributed by atoms with Crippen LogP contribution in [0.15, 0.2) is 78.9 Å². The fraction of sp³-hybridized carbons (Fsp3) is 0.222. The first-order valence-corrected chi connectivity index (χ1v) is 10.9. The van der Waals surface area contributed by atoms with Crippen molar-refractivity contribution >= 4 is 28.4 Å². The Morgan fingerprint density at radius 2 is 1.61 bits per heavy atom. The summed E-state index contributed by atoms with van der Waals surface area (Å²) >= 11 is 6.40. The summed E-state index contributed by atoms with van der Waals surface area (Å²) in [6, 6.07) is 26.2. The second kappa shape index (κ2) is 8.60. The largest absolute Gasteiger partial charge is 0.347 e. The third-order valence-corrected chi connectivity index (χ3v) is 5.97. The van der Waals surface area contributed by atoms with E-state index in [1.807, 2.05) is 59.2 Å². The fourth-order valence-electron chi connectivity index (χ4n) is 3.76. The summed E-state index contributed by atoms with van der Waals surface area (Å²) in [5.41, 5.74) is 5.10. The molecule has 3 aromatic carbocycles. The molecule has 1 amide bonds. The van der Waals surface area contributed by atoms with E-state index in [9.17, 15) is 4.79 Å². The highest BCUT2D eigenvalue weighted by Gasteiger charge is 2.17. The molecule has 0 fully saturated rings. The monoisotopic (exact) mass is 430 g/mol. The summed E-state index contributed by atoms with van der Waals surface area (Å²) in [6.07, 6.45) is 0. The summed E-state index contributed by atoms with van der Waals surface area (Å²) in [6.45, 7) is 7.61. The lowest BCUT2D eigenvalue weighted by Crippen LogP contribution is -2.25. The zero-order valence-electron chi connectivity index (χ0n) is 18.2. The van der Waals surface area contributed by atoms with Crippen LogP contribution in [-0.4, -0.2) is 10.5 Å². The van der Waals surface area contributed by atoms with Crippen molar-refractivity contribution in [2.75, 3.05) is 0 Å². The van der Waals surface area contributed by atoms with Gasteiger partial charge in [0.15, 0.2) is 0 Å². The van der Waals surface area contributed by atoms with Crippen LogP contribution < -0.4 is 5.32 Å². The zero-order chi connectivity index (χ0) is 22.0. The number of hydrogen-bond acceptors (Lipinski definition) is 1. The van der Waals surface area contributed by atoms with E-state index in [-0.39, 0.29) is 11.3 Å².